The van der Waals surface area contributed by atoms with Crippen LogP contribution in [-0.4, -0.2) is 53.3 Å². The van der Waals surface area contributed by atoms with Gasteiger partial charge in [0, 0.05) is 24.2 Å². The van der Waals surface area contributed by atoms with Crippen LogP contribution in [0.4, 0.5) is 10.6 Å². The maximum atomic E-state index is 13.3. The zero-order valence-corrected chi connectivity index (χ0v) is 25.5. The molecule has 8 heteroatoms. The van der Waals surface area contributed by atoms with E-state index < -0.39 is 5.97 Å². The van der Waals surface area contributed by atoms with E-state index in [0.717, 1.165) is 77.4 Å². The van der Waals surface area contributed by atoms with Gasteiger partial charge in [-0.1, -0.05) is 35.4 Å². The first kappa shape index (κ1) is 29.0. The van der Waals surface area contributed by atoms with Crippen molar-refractivity contribution in [3.8, 4) is 16.9 Å². The summed E-state index contributed by atoms with van der Waals surface area (Å²) in [6.07, 6.45) is 3.52. The van der Waals surface area contributed by atoms with Crippen LogP contribution in [0.1, 0.15) is 79.0 Å². The number of carbonyl (C=O) groups excluding carboxylic acids is 1. The monoisotopic (exact) mass is 583 g/mol. The fourth-order valence-electron chi connectivity index (χ4n) is 6.94. The van der Waals surface area contributed by atoms with E-state index in [1.165, 1.54) is 5.56 Å². The Labute approximate surface area is 253 Å². The molecular formula is C35H41N3O5. The number of carboxylic acids is 1. The zero-order chi connectivity index (χ0) is 30.2. The number of pyridine rings is 1. The molecule has 2 aliphatic heterocycles. The van der Waals surface area contributed by atoms with E-state index in [2.05, 4.69) is 61.2 Å². The lowest BCUT2D eigenvalue weighted by Gasteiger charge is -2.33. The standard InChI is InChI=1S/C35H41N3O5/c1-21-16-22(2)18-27(17-21)33-23(3)38(35(41)43-33)20-30-28(11-13-32(36-30)37-14-5-15-37)29-19-26(10-12-31(29)42-4)24-6-8-25(9-7-24)34(39)40/h10-13,16-19,23-25,33H,5-9,14-15,20H2,1-4H3,(H,39,40)/t23?,24-,25-,33?. The first-order valence-electron chi connectivity index (χ1n) is 15.4. The van der Waals surface area contributed by atoms with Crippen molar-refractivity contribution in [2.75, 3.05) is 25.1 Å². The van der Waals surface area contributed by atoms with Gasteiger partial charge in [0.1, 0.15) is 17.7 Å². The largest absolute Gasteiger partial charge is 0.496 e. The summed E-state index contributed by atoms with van der Waals surface area (Å²) in [6.45, 7) is 8.43. The van der Waals surface area contributed by atoms with Crippen molar-refractivity contribution < 1.29 is 24.2 Å². The van der Waals surface area contributed by atoms with Crippen molar-refractivity contribution in [3.63, 3.8) is 0 Å². The van der Waals surface area contributed by atoms with E-state index in [0.29, 0.717) is 25.3 Å². The number of aliphatic carboxylic acids is 1. The molecule has 3 aliphatic rings. The highest BCUT2D eigenvalue weighted by molar-refractivity contribution is 5.76. The lowest BCUT2D eigenvalue weighted by molar-refractivity contribution is -0.142. The molecule has 2 aromatic carbocycles. The molecule has 43 heavy (non-hydrogen) atoms. The number of rotatable bonds is 8. The van der Waals surface area contributed by atoms with Crippen LogP contribution >= 0.6 is 0 Å². The molecule has 2 atom stereocenters. The maximum Gasteiger partial charge on any atom is 0.411 e. The molecule has 3 fully saturated rings. The van der Waals surface area contributed by atoms with Gasteiger partial charge in [-0.3, -0.25) is 9.69 Å². The molecule has 0 radical (unpaired) electrons. The summed E-state index contributed by atoms with van der Waals surface area (Å²) >= 11 is 0. The Hall–Kier alpha value is -4.07. The molecule has 1 aliphatic carbocycles. The summed E-state index contributed by atoms with van der Waals surface area (Å²) in [6, 6.07) is 16.6. The number of carbonyl (C=O) groups is 2. The number of hydrogen-bond donors (Lipinski definition) is 1. The van der Waals surface area contributed by atoms with Gasteiger partial charge in [-0.05, 0) is 94.2 Å². The Bertz CT molecular complexity index is 1510. The third-order valence-electron chi connectivity index (χ3n) is 9.49. The summed E-state index contributed by atoms with van der Waals surface area (Å²) in [5.74, 6) is 1.00. The summed E-state index contributed by atoms with van der Waals surface area (Å²) in [7, 11) is 1.67. The molecule has 2 saturated heterocycles. The van der Waals surface area contributed by atoms with Crippen molar-refractivity contribution in [1.29, 1.82) is 0 Å². The van der Waals surface area contributed by atoms with Gasteiger partial charge in [0.05, 0.1) is 31.3 Å². The summed E-state index contributed by atoms with van der Waals surface area (Å²) < 4.78 is 11.8. The minimum atomic E-state index is -0.693. The number of nitrogens with zero attached hydrogens (tertiary/aromatic N) is 3. The number of hydrogen-bond acceptors (Lipinski definition) is 6. The Morgan fingerprint density at radius 3 is 2.33 bits per heavy atom. The van der Waals surface area contributed by atoms with Gasteiger partial charge >= 0.3 is 12.1 Å². The number of methoxy groups -OCH3 is 1. The Balaban J connectivity index is 1.34. The first-order chi connectivity index (χ1) is 20.7. The van der Waals surface area contributed by atoms with Crippen LogP contribution < -0.4 is 9.64 Å². The number of aromatic nitrogens is 1. The average Bonchev–Trinajstić information content (AvgIpc) is 3.24. The van der Waals surface area contributed by atoms with Crippen molar-refractivity contribution >= 4 is 17.9 Å². The smallest absolute Gasteiger partial charge is 0.411 e. The number of ether oxygens (including phenoxy) is 2. The van der Waals surface area contributed by atoms with E-state index in [1.807, 2.05) is 13.0 Å². The minimum absolute atomic E-state index is 0.173. The second-order valence-electron chi connectivity index (χ2n) is 12.4. The fourth-order valence-corrected chi connectivity index (χ4v) is 6.94. The molecule has 3 aromatic rings. The van der Waals surface area contributed by atoms with Crippen LogP contribution in [0.15, 0.2) is 48.5 Å². The van der Waals surface area contributed by atoms with Gasteiger partial charge in [0.15, 0.2) is 0 Å². The second kappa shape index (κ2) is 11.9. The number of cyclic esters (lactones) is 1. The molecule has 1 N–H and O–H groups in total. The molecule has 8 nitrogen and oxygen atoms in total. The zero-order valence-electron chi connectivity index (χ0n) is 25.5. The quantitative estimate of drug-likeness (QED) is 0.305. The third-order valence-corrected chi connectivity index (χ3v) is 9.49. The number of amides is 1. The number of anilines is 1. The van der Waals surface area contributed by atoms with Crippen molar-refractivity contribution in [1.82, 2.24) is 9.88 Å². The highest BCUT2D eigenvalue weighted by Gasteiger charge is 2.40. The minimum Gasteiger partial charge on any atom is -0.496 e. The number of aryl methyl sites for hydroxylation is 2. The van der Waals surface area contributed by atoms with Crippen LogP contribution in [-0.2, 0) is 16.1 Å². The van der Waals surface area contributed by atoms with Gasteiger partial charge in [0.2, 0.25) is 0 Å². The van der Waals surface area contributed by atoms with Crippen LogP contribution in [0, 0.1) is 19.8 Å². The summed E-state index contributed by atoms with van der Waals surface area (Å²) in [4.78, 5) is 34.0. The molecule has 6 rings (SSSR count). The average molecular weight is 584 g/mol. The van der Waals surface area contributed by atoms with Crippen molar-refractivity contribution in [3.05, 3.63) is 76.5 Å². The molecule has 0 bridgehead atoms. The molecule has 1 aromatic heterocycles. The fraction of sp³-hybridized carbons (Fsp3) is 0.457. The molecule has 1 saturated carbocycles. The molecule has 226 valence electrons. The molecule has 1 amide bonds. The Morgan fingerprint density at radius 2 is 1.70 bits per heavy atom. The second-order valence-corrected chi connectivity index (χ2v) is 12.4. The van der Waals surface area contributed by atoms with Crippen LogP contribution in [0.2, 0.25) is 0 Å². The van der Waals surface area contributed by atoms with Gasteiger partial charge in [0.25, 0.3) is 0 Å². The maximum absolute atomic E-state index is 13.3. The molecule has 2 unspecified atom stereocenters. The topological polar surface area (TPSA) is 92.2 Å². The van der Waals surface area contributed by atoms with Gasteiger partial charge in [-0.2, -0.15) is 0 Å². The van der Waals surface area contributed by atoms with E-state index >= 15 is 0 Å². The Morgan fingerprint density at radius 1 is 0.977 bits per heavy atom. The summed E-state index contributed by atoms with van der Waals surface area (Å²) in [5, 5.41) is 9.47. The highest BCUT2D eigenvalue weighted by Crippen LogP contribution is 2.42. The predicted molar refractivity (Wildman–Crippen MR) is 166 cm³/mol. The van der Waals surface area contributed by atoms with Gasteiger partial charge < -0.3 is 19.5 Å². The molecule has 0 spiro atoms. The van der Waals surface area contributed by atoms with Gasteiger partial charge in [-0.15, -0.1) is 0 Å². The summed E-state index contributed by atoms with van der Waals surface area (Å²) in [5.41, 5.74) is 7.15. The van der Waals surface area contributed by atoms with E-state index in [9.17, 15) is 14.7 Å². The number of benzene rings is 2. The molecular weight excluding hydrogens is 542 g/mol. The predicted octanol–water partition coefficient (Wildman–Crippen LogP) is 7.02. The van der Waals surface area contributed by atoms with Crippen LogP contribution in [0.5, 0.6) is 5.75 Å². The lowest BCUT2D eigenvalue weighted by Crippen LogP contribution is -2.38. The van der Waals surface area contributed by atoms with Crippen LogP contribution in [0.3, 0.4) is 0 Å². The van der Waals surface area contributed by atoms with Crippen LogP contribution in [0.25, 0.3) is 11.1 Å². The van der Waals surface area contributed by atoms with E-state index in [-0.39, 0.29) is 24.2 Å². The number of carboxylic acid groups (broad SMARTS) is 1. The van der Waals surface area contributed by atoms with E-state index in [1.54, 1.807) is 12.0 Å². The van der Waals surface area contributed by atoms with Crippen molar-refractivity contribution in [2.45, 2.75) is 77.5 Å². The normalized spacial score (nSPS) is 23.6. The molecule has 3 heterocycles. The van der Waals surface area contributed by atoms with Crippen molar-refractivity contribution in [2.24, 2.45) is 5.92 Å². The van der Waals surface area contributed by atoms with Gasteiger partial charge in [-0.25, -0.2) is 9.78 Å². The lowest BCUT2D eigenvalue weighted by atomic mass is 9.78. The third kappa shape index (κ3) is 5.79. The SMILES string of the molecule is COc1ccc([C@H]2CC[C@H](C(=O)O)CC2)cc1-c1ccc(N2CCC2)nc1CN1C(=O)OC(c2cc(C)cc(C)c2)C1C. The van der Waals surface area contributed by atoms with E-state index in [4.69, 9.17) is 14.5 Å². The highest BCUT2D eigenvalue weighted by atomic mass is 16.6. The Kier molecular flexibility index (Phi) is 8.03. The first-order valence-corrected chi connectivity index (χ1v) is 15.4.